The van der Waals surface area contributed by atoms with Crippen molar-refractivity contribution in [3.05, 3.63) is 157 Å². The summed E-state index contributed by atoms with van der Waals surface area (Å²) in [6.45, 7) is 4.33. The largest absolute Gasteiger partial charge is 0.306 e. The number of anilines is 3. The lowest BCUT2D eigenvalue weighted by molar-refractivity contribution is 1.11. The molecule has 0 fully saturated rings. The van der Waals surface area contributed by atoms with E-state index in [1.165, 1.54) is 32.6 Å². The van der Waals surface area contributed by atoms with Crippen LogP contribution in [0.4, 0.5) is 17.3 Å². The van der Waals surface area contributed by atoms with E-state index in [2.05, 4.69) is 163 Å². The van der Waals surface area contributed by atoms with E-state index in [-0.39, 0.29) is 0 Å². The van der Waals surface area contributed by atoms with E-state index < -0.39 is 0 Å². The van der Waals surface area contributed by atoms with Gasteiger partial charge in [0.25, 0.3) is 0 Å². The number of benzene rings is 5. The Morgan fingerprint density at radius 2 is 1.09 bits per heavy atom. The molecule has 0 aliphatic carbocycles. The number of rotatable bonds is 5. The standard InChI is InChI=1S/C42H30N4/c1-27-14-11-15-28(2)40(27)46(37-25-13-23-35(43-37)29-16-5-3-6-17-29)38-26-34-33-22-12-21-32-31-20-9-10-24-36(31)45(41(32)33)42(34)39(44-38)30-18-7-4-8-19-30/h3-26H,1-2H3. The van der Waals surface area contributed by atoms with Crippen molar-refractivity contribution >= 4 is 55.4 Å². The van der Waals surface area contributed by atoms with Gasteiger partial charge in [-0.1, -0.05) is 121 Å². The van der Waals surface area contributed by atoms with Crippen LogP contribution in [0, 0.1) is 13.8 Å². The molecule has 0 N–H and O–H groups in total. The molecule has 4 heteroatoms. The summed E-state index contributed by atoms with van der Waals surface area (Å²) in [5.41, 5.74) is 11.0. The molecule has 0 aliphatic heterocycles. The first-order valence-electron chi connectivity index (χ1n) is 15.7. The normalized spacial score (nSPS) is 11.7. The first-order chi connectivity index (χ1) is 22.7. The average Bonchev–Trinajstić information content (AvgIpc) is 3.63. The van der Waals surface area contributed by atoms with Crippen molar-refractivity contribution in [2.75, 3.05) is 4.90 Å². The molecule has 0 amide bonds. The minimum Gasteiger partial charge on any atom is -0.306 e. The topological polar surface area (TPSA) is 33.4 Å². The van der Waals surface area contributed by atoms with Gasteiger partial charge in [0.1, 0.15) is 11.6 Å². The molecule has 0 aliphatic rings. The molecule has 4 nitrogen and oxygen atoms in total. The smallest absolute Gasteiger partial charge is 0.140 e. The number of nitrogens with zero attached hydrogens (tertiary/aromatic N) is 4. The van der Waals surface area contributed by atoms with Crippen LogP contribution in [0.1, 0.15) is 11.1 Å². The van der Waals surface area contributed by atoms with E-state index >= 15 is 0 Å². The number of hydrogen-bond donors (Lipinski definition) is 0. The summed E-state index contributed by atoms with van der Waals surface area (Å²) in [6, 6.07) is 51.3. The molecule has 0 spiro atoms. The van der Waals surface area contributed by atoms with Gasteiger partial charge < -0.3 is 4.40 Å². The summed E-state index contributed by atoms with van der Waals surface area (Å²) in [4.78, 5) is 13.1. The molecule has 0 unspecified atom stereocenters. The molecule has 0 saturated heterocycles. The third kappa shape index (κ3) is 3.93. The van der Waals surface area contributed by atoms with E-state index in [1.807, 2.05) is 6.07 Å². The molecule has 218 valence electrons. The molecule has 0 atom stereocenters. The van der Waals surface area contributed by atoms with Gasteiger partial charge in [-0.25, -0.2) is 9.97 Å². The molecular weight excluding hydrogens is 560 g/mol. The molecule has 0 bridgehead atoms. The van der Waals surface area contributed by atoms with Crippen molar-refractivity contribution in [2.24, 2.45) is 0 Å². The lowest BCUT2D eigenvalue weighted by Crippen LogP contribution is -2.16. The highest BCUT2D eigenvalue weighted by Crippen LogP contribution is 2.45. The van der Waals surface area contributed by atoms with Gasteiger partial charge in [-0.15, -0.1) is 0 Å². The van der Waals surface area contributed by atoms with E-state index in [4.69, 9.17) is 9.97 Å². The molecule has 46 heavy (non-hydrogen) atoms. The van der Waals surface area contributed by atoms with Crippen molar-refractivity contribution in [1.82, 2.24) is 14.4 Å². The van der Waals surface area contributed by atoms with Crippen molar-refractivity contribution in [3.8, 4) is 22.5 Å². The number of fused-ring (bicyclic) bond motifs is 6. The Kier molecular flexibility index (Phi) is 5.90. The SMILES string of the molecule is Cc1cccc(C)c1N(c1cccc(-c2ccccc2)n1)c1cc2c3cccc4c5ccccc5n(c2c(-c2ccccc2)n1)c43. The van der Waals surface area contributed by atoms with E-state index in [0.717, 1.165) is 56.5 Å². The predicted octanol–water partition coefficient (Wildman–Crippen LogP) is 11.0. The van der Waals surface area contributed by atoms with Gasteiger partial charge in [-0.05, 0) is 49.2 Å². The van der Waals surface area contributed by atoms with Crippen LogP contribution in [0.25, 0.3) is 60.6 Å². The van der Waals surface area contributed by atoms with Gasteiger partial charge in [0.15, 0.2) is 0 Å². The first kappa shape index (κ1) is 26.4. The number of hydrogen-bond acceptors (Lipinski definition) is 3. The third-order valence-electron chi connectivity index (χ3n) is 9.16. The minimum absolute atomic E-state index is 0.825. The molecule has 4 aromatic heterocycles. The summed E-state index contributed by atoms with van der Waals surface area (Å²) in [6.07, 6.45) is 0. The Hall–Kier alpha value is -6.00. The van der Waals surface area contributed by atoms with Crippen LogP contribution in [0.5, 0.6) is 0 Å². The van der Waals surface area contributed by atoms with Crippen LogP contribution < -0.4 is 4.90 Å². The summed E-state index contributed by atoms with van der Waals surface area (Å²) < 4.78 is 2.42. The zero-order valence-corrected chi connectivity index (χ0v) is 25.6. The highest BCUT2D eigenvalue weighted by atomic mass is 15.2. The van der Waals surface area contributed by atoms with Crippen LogP contribution in [-0.4, -0.2) is 14.4 Å². The zero-order valence-electron chi connectivity index (χ0n) is 25.6. The van der Waals surface area contributed by atoms with Crippen LogP contribution in [0.15, 0.2) is 146 Å². The predicted molar refractivity (Wildman–Crippen MR) is 192 cm³/mol. The lowest BCUT2D eigenvalue weighted by Gasteiger charge is -2.27. The van der Waals surface area contributed by atoms with Crippen molar-refractivity contribution in [2.45, 2.75) is 13.8 Å². The first-order valence-corrected chi connectivity index (χ1v) is 15.7. The molecule has 0 saturated carbocycles. The maximum Gasteiger partial charge on any atom is 0.140 e. The minimum atomic E-state index is 0.825. The van der Waals surface area contributed by atoms with Gasteiger partial charge in [0.2, 0.25) is 0 Å². The number of pyridine rings is 2. The van der Waals surface area contributed by atoms with Gasteiger partial charge in [0.05, 0.1) is 33.6 Å². The second-order valence-electron chi connectivity index (χ2n) is 12.0. The van der Waals surface area contributed by atoms with Gasteiger partial charge in [-0.3, -0.25) is 4.90 Å². The Morgan fingerprint density at radius 1 is 0.478 bits per heavy atom. The van der Waals surface area contributed by atoms with Crippen molar-refractivity contribution < 1.29 is 0 Å². The molecule has 5 aromatic carbocycles. The Morgan fingerprint density at radius 3 is 1.85 bits per heavy atom. The highest BCUT2D eigenvalue weighted by Gasteiger charge is 2.26. The van der Waals surface area contributed by atoms with Gasteiger partial charge in [0, 0.05) is 32.7 Å². The second kappa shape index (κ2) is 10.3. The Labute approximate surface area is 267 Å². The fourth-order valence-corrected chi connectivity index (χ4v) is 7.16. The average molecular weight is 591 g/mol. The quantitative estimate of drug-likeness (QED) is 0.200. The number of aryl methyl sites for hydroxylation is 2. The summed E-state index contributed by atoms with van der Waals surface area (Å²) in [5.74, 6) is 1.66. The third-order valence-corrected chi connectivity index (χ3v) is 9.16. The highest BCUT2D eigenvalue weighted by molar-refractivity contribution is 6.25. The van der Waals surface area contributed by atoms with Gasteiger partial charge in [-0.2, -0.15) is 0 Å². The second-order valence-corrected chi connectivity index (χ2v) is 12.0. The fourth-order valence-electron chi connectivity index (χ4n) is 7.16. The van der Waals surface area contributed by atoms with Crippen LogP contribution in [0.3, 0.4) is 0 Å². The van der Waals surface area contributed by atoms with E-state index in [0.29, 0.717) is 0 Å². The Bertz CT molecular complexity index is 2530. The van der Waals surface area contributed by atoms with Crippen molar-refractivity contribution in [1.29, 1.82) is 0 Å². The monoisotopic (exact) mass is 590 g/mol. The van der Waals surface area contributed by atoms with Crippen LogP contribution >= 0.6 is 0 Å². The van der Waals surface area contributed by atoms with Crippen LogP contribution in [0.2, 0.25) is 0 Å². The lowest BCUT2D eigenvalue weighted by atomic mass is 10.0. The molecule has 9 aromatic rings. The summed E-state index contributed by atoms with van der Waals surface area (Å²) >= 11 is 0. The maximum atomic E-state index is 5.57. The molecule has 0 radical (unpaired) electrons. The molecule has 4 heterocycles. The number of aromatic nitrogens is 3. The maximum absolute atomic E-state index is 5.57. The van der Waals surface area contributed by atoms with Gasteiger partial charge >= 0.3 is 0 Å². The van der Waals surface area contributed by atoms with E-state index in [9.17, 15) is 0 Å². The fraction of sp³-hybridized carbons (Fsp3) is 0.0476. The molecule has 9 rings (SSSR count). The van der Waals surface area contributed by atoms with Crippen LogP contribution in [-0.2, 0) is 0 Å². The van der Waals surface area contributed by atoms with Crippen molar-refractivity contribution in [3.63, 3.8) is 0 Å². The summed E-state index contributed by atoms with van der Waals surface area (Å²) in [7, 11) is 0. The number of para-hydroxylation sites is 3. The Balaban J connectivity index is 1.41. The zero-order chi connectivity index (χ0) is 30.8. The molecular formula is C42H30N4. The summed E-state index contributed by atoms with van der Waals surface area (Å²) in [5, 5.41) is 4.91. The van der Waals surface area contributed by atoms with E-state index in [1.54, 1.807) is 0 Å².